The molecule has 1 fully saturated rings. The van der Waals surface area contributed by atoms with Gasteiger partial charge in [0.2, 0.25) is 0 Å². The Morgan fingerprint density at radius 2 is 1.80 bits per heavy atom. The fourth-order valence-corrected chi connectivity index (χ4v) is 4.54. The molecule has 2 heterocycles. The molecule has 1 aromatic heterocycles. The lowest BCUT2D eigenvalue weighted by atomic mass is 10.2. The summed E-state index contributed by atoms with van der Waals surface area (Å²) in [5, 5.41) is 1.67. The van der Waals surface area contributed by atoms with Crippen LogP contribution < -0.4 is 0 Å². The number of carbonyl (C=O) groups is 1. The summed E-state index contributed by atoms with van der Waals surface area (Å²) >= 11 is 6.05. The molecule has 0 unspecified atom stereocenters. The molecule has 0 saturated carbocycles. The normalized spacial score (nSPS) is 16.0. The van der Waals surface area contributed by atoms with E-state index in [-0.39, 0.29) is 10.8 Å². The molecular weight excluding hydrogens is 424 g/mol. The molecule has 0 N–H and O–H groups in total. The lowest BCUT2D eigenvalue weighted by Gasteiger charge is -2.21. The van der Waals surface area contributed by atoms with E-state index in [0.717, 1.165) is 42.5 Å². The number of carbonyl (C=O) groups excluding carboxylic acids is 1. The van der Waals surface area contributed by atoms with Gasteiger partial charge in [-0.15, -0.1) is 0 Å². The van der Waals surface area contributed by atoms with Gasteiger partial charge in [0.15, 0.2) is 9.84 Å². The van der Waals surface area contributed by atoms with Crippen LogP contribution in [-0.2, 0) is 16.4 Å². The van der Waals surface area contributed by atoms with Gasteiger partial charge in [0.1, 0.15) is 11.3 Å². The van der Waals surface area contributed by atoms with Crippen molar-refractivity contribution in [2.45, 2.75) is 17.9 Å². The number of fused-ring (bicyclic) bond motifs is 1. The molecular formula is C22H23ClN2O4S. The summed E-state index contributed by atoms with van der Waals surface area (Å²) in [7, 11) is -3.27. The summed E-state index contributed by atoms with van der Waals surface area (Å²) < 4.78 is 29.1. The number of rotatable bonds is 4. The average molecular weight is 447 g/mol. The van der Waals surface area contributed by atoms with Crippen molar-refractivity contribution in [3.05, 3.63) is 64.9 Å². The summed E-state index contributed by atoms with van der Waals surface area (Å²) in [6.45, 7) is 3.56. The van der Waals surface area contributed by atoms with E-state index in [4.69, 9.17) is 16.0 Å². The standard InChI is InChI=1S/C22H23ClN2O4S/c1-30(27,28)20-6-3-16(4-7-20)22(26)25-10-2-9-24(11-12-25)15-19-14-17-13-18(23)5-8-21(17)29-19/h3-8,13-14H,2,9-12,15H2,1H3. The number of sulfone groups is 1. The van der Waals surface area contributed by atoms with Crippen LogP contribution in [0.25, 0.3) is 11.0 Å². The Bertz CT molecular complexity index is 1170. The van der Waals surface area contributed by atoms with E-state index in [1.165, 1.54) is 12.1 Å². The molecule has 0 radical (unpaired) electrons. The minimum atomic E-state index is -3.27. The molecule has 1 aliphatic heterocycles. The van der Waals surface area contributed by atoms with E-state index in [1.807, 2.05) is 29.2 Å². The molecule has 158 valence electrons. The van der Waals surface area contributed by atoms with Crippen LogP contribution in [0.4, 0.5) is 0 Å². The van der Waals surface area contributed by atoms with Crippen molar-refractivity contribution in [1.82, 2.24) is 9.80 Å². The van der Waals surface area contributed by atoms with Crippen LogP contribution in [0.15, 0.2) is 57.8 Å². The fourth-order valence-electron chi connectivity index (χ4n) is 3.73. The zero-order valence-electron chi connectivity index (χ0n) is 16.7. The smallest absolute Gasteiger partial charge is 0.253 e. The Kier molecular flexibility index (Phi) is 5.86. The number of hydrogen-bond donors (Lipinski definition) is 0. The van der Waals surface area contributed by atoms with E-state index in [0.29, 0.717) is 30.2 Å². The van der Waals surface area contributed by atoms with E-state index >= 15 is 0 Å². The van der Waals surface area contributed by atoms with Gasteiger partial charge in [-0.3, -0.25) is 9.69 Å². The first-order valence-electron chi connectivity index (χ1n) is 9.79. The summed E-state index contributed by atoms with van der Waals surface area (Å²) in [6.07, 6.45) is 2.02. The number of benzene rings is 2. The summed E-state index contributed by atoms with van der Waals surface area (Å²) in [6, 6.07) is 13.7. The van der Waals surface area contributed by atoms with Crippen LogP contribution in [0, 0.1) is 0 Å². The Labute approximate surface area is 180 Å². The van der Waals surface area contributed by atoms with Gasteiger partial charge in [0.05, 0.1) is 11.4 Å². The van der Waals surface area contributed by atoms with Crippen molar-refractivity contribution in [2.75, 3.05) is 32.4 Å². The van der Waals surface area contributed by atoms with Crippen molar-refractivity contribution < 1.29 is 17.6 Å². The van der Waals surface area contributed by atoms with Gasteiger partial charge in [-0.05, 0) is 55.0 Å². The largest absolute Gasteiger partial charge is 0.460 e. The van der Waals surface area contributed by atoms with E-state index in [1.54, 1.807) is 12.1 Å². The van der Waals surface area contributed by atoms with E-state index < -0.39 is 9.84 Å². The van der Waals surface area contributed by atoms with Gasteiger partial charge in [-0.1, -0.05) is 11.6 Å². The minimum Gasteiger partial charge on any atom is -0.460 e. The quantitative estimate of drug-likeness (QED) is 0.609. The maximum atomic E-state index is 12.9. The van der Waals surface area contributed by atoms with Crippen LogP contribution in [0.1, 0.15) is 22.5 Å². The molecule has 30 heavy (non-hydrogen) atoms. The third-order valence-corrected chi connectivity index (χ3v) is 6.68. The van der Waals surface area contributed by atoms with Crippen LogP contribution in [-0.4, -0.2) is 56.6 Å². The zero-order chi connectivity index (χ0) is 21.3. The number of nitrogens with zero attached hydrogens (tertiary/aromatic N) is 2. The maximum Gasteiger partial charge on any atom is 0.253 e. The van der Waals surface area contributed by atoms with Crippen molar-refractivity contribution in [1.29, 1.82) is 0 Å². The molecule has 8 heteroatoms. The second kappa shape index (κ2) is 8.41. The lowest BCUT2D eigenvalue weighted by molar-refractivity contribution is 0.0760. The van der Waals surface area contributed by atoms with Crippen LogP contribution in [0.3, 0.4) is 0 Å². The second-order valence-corrected chi connectivity index (χ2v) is 10.1. The van der Waals surface area contributed by atoms with Crippen LogP contribution in [0.5, 0.6) is 0 Å². The predicted molar refractivity (Wildman–Crippen MR) is 117 cm³/mol. The van der Waals surface area contributed by atoms with Crippen molar-refractivity contribution >= 4 is 38.3 Å². The summed E-state index contributed by atoms with van der Waals surface area (Å²) in [4.78, 5) is 17.2. The highest BCUT2D eigenvalue weighted by atomic mass is 35.5. The van der Waals surface area contributed by atoms with Crippen molar-refractivity contribution in [3.8, 4) is 0 Å². The molecule has 0 bridgehead atoms. The van der Waals surface area contributed by atoms with E-state index in [2.05, 4.69) is 4.90 Å². The number of amides is 1. The summed E-state index contributed by atoms with van der Waals surface area (Å²) in [5.41, 5.74) is 1.32. The lowest BCUT2D eigenvalue weighted by Crippen LogP contribution is -2.35. The Morgan fingerprint density at radius 3 is 2.53 bits per heavy atom. The molecule has 0 aliphatic carbocycles. The monoisotopic (exact) mass is 446 g/mol. The first kappa shape index (κ1) is 20.9. The first-order valence-corrected chi connectivity index (χ1v) is 12.1. The Morgan fingerprint density at radius 1 is 1.03 bits per heavy atom. The highest BCUT2D eigenvalue weighted by Crippen LogP contribution is 2.24. The average Bonchev–Trinajstić information content (AvgIpc) is 2.95. The van der Waals surface area contributed by atoms with Gasteiger partial charge < -0.3 is 9.32 Å². The van der Waals surface area contributed by atoms with Gasteiger partial charge in [-0.25, -0.2) is 8.42 Å². The second-order valence-electron chi connectivity index (χ2n) is 7.61. The van der Waals surface area contributed by atoms with Crippen molar-refractivity contribution in [2.24, 2.45) is 0 Å². The van der Waals surface area contributed by atoms with E-state index in [9.17, 15) is 13.2 Å². The Balaban J connectivity index is 1.40. The summed E-state index contributed by atoms with van der Waals surface area (Å²) in [5.74, 6) is 0.804. The first-order chi connectivity index (χ1) is 14.3. The van der Waals surface area contributed by atoms with Gasteiger partial charge in [0.25, 0.3) is 5.91 Å². The van der Waals surface area contributed by atoms with Gasteiger partial charge in [0, 0.05) is 48.4 Å². The topological polar surface area (TPSA) is 70.8 Å². The number of hydrogen-bond acceptors (Lipinski definition) is 5. The SMILES string of the molecule is CS(=O)(=O)c1ccc(C(=O)N2CCCN(Cc3cc4cc(Cl)ccc4o3)CC2)cc1. The Hall–Kier alpha value is -2.35. The molecule has 4 rings (SSSR count). The third kappa shape index (κ3) is 4.69. The predicted octanol–water partition coefficient (Wildman–Crippen LogP) is 3.84. The third-order valence-electron chi connectivity index (χ3n) is 5.31. The highest BCUT2D eigenvalue weighted by molar-refractivity contribution is 7.90. The van der Waals surface area contributed by atoms with Crippen molar-refractivity contribution in [3.63, 3.8) is 0 Å². The molecule has 3 aromatic rings. The number of furan rings is 1. The molecule has 1 amide bonds. The molecule has 6 nitrogen and oxygen atoms in total. The highest BCUT2D eigenvalue weighted by Gasteiger charge is 2.21. The van der Waals surface area contributed by atoms with Crippen LogP contribution >= 0.6 is 11.6 Å². The molecule has 0 atom stereocenters. The molecule has 2 aromatic carbocycles. The van der Waals surface area contributed by atoms with Crippen LogP contribution in [0.2, 0.25) is 5.02 Å². The van der Waals surface area contributed by atoms with Gasteiger partial charge >= 0.3 is 0 Å². The zero-order valence-corrected chi connectivity index (χ0v) is 18.2. The minimum absolute atomic E-state index is 0.0738. The molecule has 0 spiro atoms. The van der Waals surface area contributed by atoms with Gasteiger partial charge in [-0.2, -0.15) is 0 Å². The molecule has 1 aliphatic rings. The number of halogens is 1. The maximum absolute atomic E-state index is 12.9. The fraction of sp³-hybridized carbons (Fsp3) is 0.318. The molecule has 1 saturated heterocycles.